The standard InChI is InChI=1S/C15H18N4O2/c1-11-17-15(18-21-11)13-5-3-9-19(13)14(20)7-6-12-4-2-8-16-10-12/h2,4,8,10,13H,3,5-7,9H2,1H3/t13-/m0/s1. The third-order valence-electron chi connectivity index (χ3n) is 3.76. The van der Waals surface area contributed by atoms with E-state index < -0.39 is 0 Å². The summed E-state index contributed by atoms with van der Waals surface area (Å²) in [4.78, 5) is 22.6. The van der Waals surface area contributed by atoms with Gasteiger partial charge in [0.05, 0.1) is 6.04 Å². The quantitative estimate of drug-likeness (QED) is 0.860. The monoisotopic (exact) mass is 286 g/mol. The molecule has 2 aromatic rings. The fourth-order valence-electron chi connectivity index (χ4n) is 2.72. The van der Waals surface area contributed by atoms with Gasteiger partial charge in [-0.2, -0.15) is 4.98 Å². The number of likely N-dealkylation sites (tertiary alicyclic amines) is 1. The fourth-order valence-corrected chi connectivity index (χ4v) is 2.72. The zero-order valence-electron chi connectivity index (χ0n) is 12.0. The van der Waals surface area contributed by atoms with Crippen LogP contribution in [0.5, 0.6) is 0 Å². The van der Waals surface area contributed by atoms with Crippen molar-refractivity contribution in [3.8, 4) is 0 Å². The molecule has 1 atom stereocenters. The molecule has 3 heterocycles. The van der Waals surface area contributed by atoms with E-state index in [-0.39, 0.29) is 11.9 Å². The molecular formula is C15H18N4O2. The minimum Gasteiger partial charge on any atom is -0.340 e. The summed E-state index contributed by atoms with van der Waals surface area (Å²) in [6.45, 7) is 2.53. The van der Waals surface area contributed by atoms with E-state index in [2.05, 4.69) is 15.1 Å². The van der Waals surface area contributed by atoms with E-state index in [1.165, 1.54) is 0 Å². The summed E-state index contributed by atoms with van der Waals surface area (Å²) in [5, 5.41) is 3.96. The number of hydrogen-bond acceptors (Lipinski definition) is 5. The van der Waals surface area contributed by atoms with Gasteiger partial charge >= 0.3 is 0 Å². The Balaban J connectivity index is 1.63. The van der Waals surface area contributed by atoms with Gasteiger partial charge in [-0.25, -0.2) is 0 Å². The van der Waals surface area contributed by atoms with Crippen molar-refractivity contribution in [2.75, 3.05) is 6.54 Å². The highest BCUT2D eigenvalue weighted by Gasteiger charge is 2.32. The maximum absolute atomic E-state index is 12.4. The lowest BCUT2D eigenvalue weighted by atomic mass is 10.1. The first kappa shape index (κ1) is 13.7. The van der Waals surface area contributed by atoms with Gasteiger partial charge in [0, 0.05) is 32.3 Å². The predicted octanol–water partition coefficient (Wildman–Crippen LogP) is 2.07. The van der Waals surface area contributed by atoms with Crippen LogP contribution in [0.15, 0.2) is 29.0 Å². The lowest BCUT2D eigenvalue weighted by Gasteiger charge is -2.22. The fraction of sp³-hybridized carbons (Fsp3) is 0.467. The summed E-state index contributed by atoms with van der Waals surface area (Å²) in [7, 11) is 0. The van der Waals surface area contributed by atoms with E-state index in [4.69, 9.17) is 4.52 Å². The van der Waals surface area contributed by atoms with E-state index in [1.54, 1.807) is 19.3 Å². The molecule has 2 aromatic heterocycles. The summed E-state index contributed by atoms with van der Waals surface area (Å²) in [6.07, 6.45) is 6.62. The van der Waals surface area contributed by atoms with Crippen LogP contribution in [0.2, 0.25) is 0 Å². The molecule has 6 heteroatoms. The van der Waals surface area contributed by atoms with Crippen molar-refractivity contribution in [3.05, 3.63) is 41.8 Å². The normalized spacial score (nSPS) is 18.1. The Kier molecular flexibility index (Phi) is 3.94. The van der Waals surface area contributed by atoms with E-state index in [9.17, 15) is 4.79 Å². The Labute approximate surface area is 123 Å². The van der Waals surface area contributed by atoms with Gasteiger partial charge < -0.3 is 9.42 Å². The SMILES string of the molecule is Cc1nc([C@@H]2CCCN2C(=O)CCc2cccnc2)no1. The highest BCUT2D eigenvalue weighted by Crippen LogP contribution is 2.30. The van der Waals surface area contributed by atoms with Gasteiger partial charge in [-0.05, 0) is 30.9 Å². The molecule has 1 fully saturated rings. The first-order valence-corrected chi connectivity index (χ1v) is 7.22. The zero-order valence-corrected chi connectivity index (χ0v) is 12.0. The van der Waals surface area contributed by atoms with Crippen LogP contribution in [0.4, 0.5) is 0 Å². The maximum Gasteiger partial charge on any atom is 0.223 e. The number of amides is 1. The Morgan fingerprint density at radius 2 is 2.43 bits per heavy atom. The second-order valence-corrected chi connectivity index (χ2v) is 5.28. The number of aromatic nitrogens is 3. The van der Waals surface area contributed by atoms with Crippen molar-refractivity contribution in [1.82, 2.24) is 20.0 Å². The summed E-state index contributed by atoms with van der Waals surface area (Å²) in [6, 6.07) is 3.84. The molecule has 110 valence electrons. The molecule has 0 aliphatic carbocycles. The predicted molar refractivity (Wildman–Crippen MR) is 75.3 cm³/mol. The minimum absolute atomic E-state index is 0.0381. The minimum atomic E-state index is -0.0381. The largest absolute Gasteiger partial charge is 0.340 e. The molecule has 0 N–H and O–H groups in total. The molecule has 1 amide bonds. The lowest BCUT2D eigenvalue weighted by molar-refractivity contribution is -0.132. The highest BCUT2D eigenvalue weighted by molar-refractivity contribution is 5.77. The van der Waals surface area contributed by atoms with Gasteiger partial charge in [-0.3, -0.25) is 9.78 Å². The molecule has 0 radical (unpaired) electrons. The average Bonchev–Trinajstić information content (AvgIpc) is 3.14. The highest BCUT2D eigenvalue weighted by atomic mass is 16.5. The number of hydrogen-bond donors (Lipinski definition) is 0. The molecule has 0 spiro atoms. The Morgan fingerprint density at radius 1 is 1.52 bits per heavy atom. The number of carbonyl (C=O) groups excluding carboxylic acids is 1. The summed E-state index contributed by atoms with van der Waals surface area (Å²) in [5.74, 6) is 1.31. The molecule has 21 heavy (non-hydrogen) atoms. The van der Waals surface area contributed by atoms with Crippen LogP contribution >= 0.6 is 0 Å². The molecule has 0 saturated carbocycles. The average molecular weight is 286 g/mol. The number of nitrogens with zero attached hydrogens (tertiary/aromatic N) is 4. The number of rotatable bonds is 4. The third kappa shape index (κ3) is 3.09. The van der Waals surface area contributed by atoms with Crippen LogP contribution in [0, 0.1) is 6.92 Å². The summed E-state index contributed by atoms with van der Waals surface area (Å²) in [5.41, 5.74) is 1.08. The van der Waals surface area contributed by atoms with E-state index in [0.717, 1.165) is 24.9 Å². The van der Waals surface area contributed by atoms with Crippen LogP contribution in [0.3, 0.4) is 0 Å². The zero-order chi connectivity index (χ0) is 14.7. The number of pyridine rings is 1. The first-order chi connectivity index (χ1) is 10.2. The van der Waals surface area contributed by atoms with Crippen LogP contribution in [0.1, 0.15) is 42.6 Å². The van der Waals surface area contributed by atoms with Gasteiger partial charge in [0.1, 0.15) is 0 Å². The van der Waals surface area contributed by atoms with Gasteiger partial charge in [-0.1, -0.05) is 11.2 Å². The van der Waals surface area contributed by atoms with Crippen molar-refractivity contribution >= 4 is 5.91 Å². The van der Waals surface area contributed by atoms with Gasteiger partial charge in [0.2, 0.25) is 11.8 Å². The molecule has 0 aromatic carbocycles. The first-order valence-electron chi connectivity index (χ1n) is 7.22. The Morgan fingerprint density at radius 3 is 3.14 bits per heavy atom. The third-order valence-corrected chi connectivity index (χ3v) is 3.76. The molecule has 0 bridgehead atoms. The van der Waals surface area contributed by atoms with E-state index >= 15 is 0 Å². The van der Waals surface area contributed by atoms with Gasteiger partial charge in [0.15, 0.2) is 5.82 Å². The molecule has 1 aliphatic rings. The lowest BCUT2D eigenvalue weighted by Crippen LogP contribution is -2.31. The van der Waals surface area contributed by atoms with Crippen molar-refractivity contribution in [1.29, 1.82) is 0 Å². The van der Waals surface area contributed by atoms with Crippen LogP contribution in [-0.4, -0.2) is 32.5 Å². The van der Waals surface area contributed by atoms with Crippen LogP contribution < -0.4 is 0 Å². The molecule has 3 rings (SSSR count). The second kappa shape index (κ2) is 6.03. The van der Waals surface area contributed by atoms with Crippen molar-refractivity contribution in [2.24, 2.45) is 0 Å². The molecule has 0 unspecified atom stereocenters. The molecule has 1 aliphatic heterocycles. The summed E-state index contributed by atoms with van der Waals surface area (Å²) >= 11 is 0. The van der Waals surface area contributed by atoms with Gasteiger partial charge in [0.25, 0.3) is 0 Å². The number of aryl methyl sites for hydroxylation is 2. The van der Waals surface area contributed by atoms with Crippen LogP contribution in [-0.2, 0) is 11.2 Å². The Bertz CT molecular complexity index is 611. The Hall–Kier alpha value is -2.24. The van der Waals surface area contributed by atoms with E-state index in [0.29, 0.717) is 24.6 Å². The van der Waals surface area contributed by atoms with Crippen molar-refractivity contribution in [3.63, 3.8) is 0 Å². The van der Waals surface area contributed by atoms with Crippen LogP contribution in [0.25, 0.3) is 0 Å². The molecular weight excluding hydrogens is 268 g/mol. The molecule has 1 saturated heterocycles. The van der Waals surface area contributed by atoms with Crippen molar-refractivity contribution < 1.29 is 9.32 Å². The smallest absolute Gasteiger partial charge is 0.223 e. The maximum atomic E-state index is 12.4. The number of carbonyl (C=O) groups is 1. The van der Waals surface area contributed by atoms with Gasteiger partial charge in [-0.15, -0.1) is 0 Å². The van der Waals surface area contributed by atoms with Crippen molar-refractivity contribution in [2.45, 2.75) is 38.6 Å². The second-order valence-electron chi connectivity index (χ2n) is 5.28. The topological polar surface area (TPSA) is 72.1 Å². The van der Waals surface area contributed by atoms with E-state index in [1.807, 2.05) is 17.0 Å². The molecule has 6 nitrogen and oxygen atoms in total. The summed E-state index contributed by atoms with van der Waals surface area (Å²) < 4.78 is 5.03.